The van der Waals surface area contributed by atoms with Crippen molar-refractivity contribution < 1.29 is 13.6 Å². The third-order valence-electron chi connectivity index (χ3n) is 3.18. The number of furan rings is 2. The van der Waals surface area contributed by atoms with Gasteiger partial charge in [0.15, 0.2) is 5.78 Å². The molecule has 1 fully saturated rings. The Balaban J connectivity index is 0.00000161. The minimum absolute atomic E-state index is 0. The topological polar surface area (TPSA) is 46.6 Å². The first-order valence-corrected chi connectivity index (χ1v) is 6.44. The Bertz CT molecular complexity index is 598. The Morgan fingerprint density at radius 2 is 1.48 bits per heavy atom. The molecule has 4 nitrogen and oxygen atoms in total. The Morgan fingerprint density at radius 1 is 1.00 bits per heavy atom. The molecule has 0 spiro atoms. The van der Waals surface area contributed by atoms with Crippen LogP contribution in [0.1, 0.15) is 11.5 Å². The molecule has 2 aromatic rings. The summed E-state index contributed by atoms with van der Waals surface area (Å²) < 4.78 is 10.6. The fourth-order valence-electron chi connectivity index (χ4n) is 2.30. The first-order chi connectivity index (χ1) is 9.72. The zero-order valence-corrected chi connectivity index (χ0v) is 13.3. The van der Waals surface area contributed by atoms with Crippen molar-refractivity contribution in [2.24, 2.45) is 0 Å². The number of carbonyl (C=O) groups is 1. The van der Waals surface area contributed by atoms with E-state index in [4.69, 9.17) is 8.83 Å². The molecule has 0 atom stereocenters. The largest absolute Gasteiger partial charge is 0.465 e. The molecule has 2 aromatic heterocycles. The molecule has 0 radical (unpaired) electrons. The molecule has 21 heavy (non-hydrogen) atoms. The number of likely N-dealkylation sites (tertiary alicyclic amines) is 1. The monoisotopic (exact) mass is 349 g/mol. The van der Waals surface area contributed by atoms with Gasteiger partial charge in [-0.2, -0.15) is 0 Å². The Labute approximate surface area is 133 Å². The molecular formula is C16H16BrNO3. The van der Waals surface area contributed by atoms with E-state index >= 15 is 0 Å². The van der Waals surface area contributed by atoms with Gasteiger partial charge in [0.25, 0.3) is 0 Å². The number of rotatable bonds is 2. The fourth-order valence-corrected chi connectivity index (χ4v) is 2.30. The number of hydrogen-bond donors (Lipinski definition) is 0. The van der Waals surface area contributed by atoms with Crippen LogP contribution in [0.2, 0.25) is 0 Å². The molecule has 0 saturated carbocycles. The molecule has 0 aliphatic carbocycles. The van der Waals surface area contributed by atoms with Crippen LogP contribution >= 0.6 is 17.0 Å². The van der Waals surface area contributed by atoms with E-state index in [1.807, 2.05) is 31.3 Å². The average molecular weight is 350 g/mol. The van der Waals surface area contributed by atoms with Crippen LogP contribution in [-0.2, 0) is 4.79 Å². The van der Waals surface area contributed by atoms with Crippen molar-refractivity contribution in [2.45, 2.75) is 0 Å². The number of halogens is 1. The molecule has 0 N–H and O–H groups in total. The lowest BCUT2D eigenvalue weighted by atomic mass is 9.96. The molecule has 1 saturated heterocycles. The van der Waals surface area contributed by atoms with E-state index in [1.54, 1.807) is 24.7 Å². The molecule has 0 bridgehead atoms. The van der Waals surface area contributed by atoms with Crippen molar-refractivity contribution in [3.8, 4) is 0 Å². The highest BCUT2D eigenvalue weighted by Gasteiger charge is 2.24. The van der Waals surface area contributed by atoms with E-state index in [2.05, 4.69) is 4.90 Å². The van der Waals surface area contributed by atoms with Crippen LogP contribution in [-0.4, -0.2) is 30.8 Å². The van der Waals surface area contributed by atoms with E-state index < -0.39 is 0 Å². The van der Waals surface area contributed by atoms with Gasteiger partial charge in [-0.3, -0.25) is 9.69 Å². The van der Waals surface area contributed by atoms with Gasteiger partial charge in [0, 0.05) is 24.2 Å². The second-order valence-electron chi connectivity index (χ2n) is 4.87. The molecule has 3 heterocycles. The standard InChI is InChI=1S/C16H15NO3.BrH/c1-17-10-12(8-14-4-2-6-19-14)16(18)13(11-17)9-15-5-3-7-20-15;/h2-9H,10-11H2,1H3;1H. The number of ketones is 1. The van der Waals surface area contributed by atoms with Crippen molar-refractivity contribution in [3.63, 3.8) is 0 Å². The molecular weight excluding hydrogens is 334 g/mol. The smallest absolute Gasteiger partial charge is 0.187 e. The van der Waals surface area contributed by atoms with Gasteiger partial charge in [0.1, 0.15) is 11.5 Å². The summed E-state index contributed by atoms with van der Waals surface area (Å²) in [4.78, 5) is 14.6. The summed E-state index contributed by atoms with van der Waals surface area (Å²) in [5.74, 6) is 1.44. The normalized spacial score (nSPS) is 20.0. The number of piperidine rings is 1. The molecule has 1 aliphatic heterocycles. The zero-order valence-electron chi connectivity index (χ0n) is 11.6. The summed E-state index contributed by atoms with van der Waals surface area (Å²) >= 11 is 0. The molecule has 0 unspecified atom stereocenters. The van der Waals surface area contributed by atoms with Crippen molar-refractivity contribution >= 4 is 34.9 Å². The summed E-state index contributed by atoms with van der Waals surface area (Å²) in [6.07, 6.45) is 6.80. The van der Waals surface area contributed by atoms with Crippen LogP contribution in [0.5, 0.6) is 0 Å². The maximum atomic E-state index is 12.5. The second-order valence-corrected chi connectivity index (χ2v) is 4.87. The third-order valence-corrected chi connectivity index (χ3v) is 3.18. The lowest BCUT2D eigenvalue weighted by Crippen LogP contribution is -2.34. The van der Waals surface area contributed by atoms with E-state index in [1.165, 1.54) is 0 Å². The van der Waals surface area contributed by atoms with Gasteiger partial charge in [-0.15, -0.1) is 17.0 Å². The predicted molar refractivity (Wildman–Crippen MR) is 86.2 cm³/mol. The first-order valence-electron chi connectivity index (χ1n) is 6.44. The van der Waals surface area contributed by atoms with Crippen LogP contribution in [0, 0.1) is 0 Å². The maximum absolute atomic E-state index is 12.5. The molecule has 5 heteroatoms. The Hall–Kier alpha value is -1.85. The number of nitrogens with zero attached hydrogens (tertiary/aromatic N) is 1. The summed E-state index contributed by atoms with van der Waals surface area (Å²) in [5.41, 5.74) is 1.46. The van der Waals surface area contributed by atoms with E-state index in [0.717, 1.165) is 11.1 Å². The summed E-state index contributed by atoms with van der Waals surface area (Å²) in [6.45, 7) is 1.24. The maximum Gasteiger partial charge on any atom is 0.187 e. The van der Waals surface area contributed by atoms with Crippen molar-refractivity contribution in [1.82, 2.24) is 4.90 Å². The number of hydrogen-bond acceptors (Lipinski definition) is 4. The number of likely N-dealkylation sites (N-methyl/N-ethyl adjacent to an activating group) is 1. The van der Waals surface area contributed by atoms with Crippen LogP contribution in [0.3, 0.4) is 0 Å². The number of carbonyl (C=O) groups excluding carboxylic acids is 1. The van der Waals surface area contributed by atoms with Gasteiger partial charge >= 0.3 is 0 Å². The van der Waals surface area contributed by atoms with Crippen molar-refractivity contribution in [2.75, 3.05) is 20.1 Å². The summed E-state index contributed by atoms with van der Waals surface area (Å²) in [7, 11) is 1.98. The van der Waals surface area contributed by atoms with Crippen molar-refractivity contribution in [1.29, 1.82) is 0 Å². The average Bonchev–Trinajstić information content (AvgIpc) is 3.08. The van der Waals surface area contributed by atoms with E-state index in [9.17, 15) is 4.79 Å². The van der Waals surface area contributed by atoms with Gasteiger partial charge in [0.05, 0.1) is 12.5 Å². The highest BCUT2D eigenvalue weighted by molar-refractivity contribution is 8.93. The van der Waals surface area contributed by atoms with Gasteiger partial charge in [-0.05, 0) is 43.5 Å². The molecule has 3 rings (SSSR count). The minimum Gasteiger partial charge on any atom is -0.465 e. The number of Topliss-reactive ketones (excluding diaryl/α,β-unsaturated/α-hetero) is 1. The highest BCUT2D eigenvalue weighted by atomic mass is 79.9. The minimum atomic E-state index is 0. The summed E-state index contributed by atoms with van der Waals surface area (Å²) in [6, 6.07) is 7.29. The van der Waals surface area contributed by atoms with Gasteiger partial charge in [-0.1, -0.05) is 0 Å². The van der Waals surface area contributed by atoms with Crippen molar-refractivity contribution in [3.05, 3.63) is 59.5 Å². The molecule has 1 aliphatic rings. The van der Waals surface area contributed by atoms with Crippen LogP contribution < -0.4 is 0 Å². The molecule has 0 amide bonds. The quantitative estimate of drug-likeness (QED) is 0.779. The second kappa shape index (κ2) is 6.74. The van der Waals surface area contributed by atoms with Crippen LogP contribution in [0.25, 0.3) is 12.2 Å². The Kier molecular flexibility index (Phi) is 4.98. The SMILES string of the molecule is Br.CN1CC(=Cc2ccco2)C(=O)C(=Cc2ccco2)C1. The molecule has 110 valence electrons. The van der Waals surface area contributed by atoms with Crippen LogP contribution in [0.15, 0.2) is 56.8 Å². The highest BCUT2D eigenvalue weighted by Crippen LogP contribution is 2.21. The first kappa shape index (κ1) is 15.5. The van der Waals surface area contributed by atoms with E-state index in [0.29, 0.717) is 24.6 Å². The predicted octanol–water partition coefficient (Wildman–Crippen LogP) is 3.43. The zero-order chi connectivity index (χ0) is 13.9. The van der Waals surface area contributed by atoms with Gasteiger partial charge in [-0.25, -0.2) is 0 Å². The lowest BCUT2D eigenvalue weighted by Gasteiger charge is -2.25. The van der Waals surface area contributed by atoms with Crippen LogP contribution in [0.4, 0.5) is 0 Å². The van der Waals surface area contributed by atoms with Gasteiger partial charge < -0.3 is 8.83 Å². The molecule has 0 aromatic carbocycles. The Morgan fingerprint density at radius 3 is 1.86 bits per heavy atom. The summed E-state index contributed by atoms with van der Waals surface area (Å²) in [5, 5.41) is 0. The third kappa shape index (κ3) is 3.62. The van der Waals surface area contributed by atoms with Gasteiger partial charge in [0.2, 0.25) is 0 Å². The van der Waals surface area contributed by atoms with E-state index in [-0.39, 0.29) is 22.8 Å². The lowest BCUT2D eigenvalue weighted by molar-refractivity contribution is -0.113. The fraction of sp³-hybridized carbons (Fsp3) is 0.188.